The van der Waals surface area contributed by atoms with Crippen molar-refractivity contribution in [2.45, 2.75) is 29.8 Å². The van der Waals surface area contributed by atoms with Gasteiger partial charge in [0, 0.05) is 12.0 Å². The van der Waals surface area contributed by atoms with Crippen molar-refractivity contribution in [2.24, 2.45) is 0 Å². The fourth-order valence-electron chi connectivity index (χ4n) is 2.53. The van der Waals surface area contributed by atoms with E-state index in [0.29, 0.717) is 5.56 Å². The van der Waals surface area contributed by atoms with Crippen molar-refractivity contribution in [3.63, 3.8) is 0 Å². The maximum atomic E-state index is 13.9. The maximum absolute atomic E-state index is 13.9. The van der Waals surface area contributed by atoms with Gasteiger partial charge in [-0.2, -0.15) is 8.42 Å². The van der Waals surface area contributed by atoms with E-state index in [0.717, 1.165) is 5.56 Å². The minimum Gasteiger partial charge on any atom is -0.379 e. The molecule has 126 valence electrons. The summed E-state index contributed by atoms with van der Waals surface area (Å²) in [6, 6.07) is 10.3. The van der Waals surface area contributed by atoms with Gasteiger partial charge in [0.25, 0.3) is 0 Å². The number of ketones is 1. The highest BCUT2D eigenvalue weighted by atomic mass is 35.5. The van der Waals surface area contributed by atoms with Crippen LogP contribution >= 0.6 is 11.6 Å². The molecular formula is C17H14ClFO4S. The zero-order valence-corrected chi connectivity index (χ0v) is 14.3. The minimum atomic E-state index is -3.98. The number of hydrogen-bond donors (Lipinski definition) is 0. The zero-order valence-electron chi connectivity index (χ0n) is 12.8. The molecule has 0 bridgehead atoms. The Hall–Kier alpha value is -1.92. The van der Waals surface area contributed by atoms with Crippen LogP contribution in [-0.4, -0.2) is 19.3 Å². The molecule has 1 aliphatic carbocycles. The molecule has 7 heteroatoms. The molecule has 1 atom stereocenters. The van der Waals surface area contributed by atoms with Crippen LogP contribution in [0, 0.1) is 6.92 Å². The predicted molar refractivity (Wildman–Crippen MR) is 87.8 cm³/mol. The van der Waals surface area contributed by atoms with Gasteiger partial charge in [-0.3, -0.25) is 4.79 Å². The van der Waals surface area contributed by atoms with Crippen molar-refractivity contribution in [1.29, 1.82) is 0 Å². The lowest BCUT2D eigenvalue weighted by atomic mass is 9.89. The molecule has 0 amide bonds. The molecule has 0 aliphatic heterocycles. The summed E-state index contributed by atoms with van der Waals surface area (Å²) in [4.78, 5) is 12.0. The average Bonchev–Trinajstić information content (AvgIpc) is 2.51. The highest BCUT2D eigenvalue weighted by Crippen LogP contribution is 2.36. The molecule has 0 aromatic heterocycles. The number of halogens is 2. The number of aryl methyl sites for hydroxylation is 2. The number of rotatable bonds is 3. The second-order valence-electron chi connectivity index (χ2n) is 5.70. The van der Waals surface area contributed by atoms with E-state index >= 15 is 0 Å². The minimum absolute atomic E-state index is 0.0328. The highest BCUT2D eigenvalue weighted by molar-refractivity contribution is 7.87. The molecule has 2 aromatic carbocycles. The average molecular weight is 369 g/mol. The van der Waals surface area contributed by atoms with E-state index in [4.69, 9.17) is 15.8 Å². The van der Waals surface area contributed by atoms with Crippen LogP contribution in [0.5, 0.6) is 5.75 Å². The van der Waals surface area contributed by atoms with Gasteiger partial charge >= 0.3 is 10.1 Å². The van der Waals surface area contributed by atoms with Crippen LogP contribution in [0.25, 0.3) is 0 Å². The summed E-state index contributed by atoms with van der Waals surface area (Å²) < 4.78 is 43.5. The van der Waals surface area contributed by atoms with Crippen molar-refractivity contribution >= 4 is 27.5 Å². The van der Waals surface area contributed by atoms with E-state index in [-0.39, 0.29) is 29.1 Å². The monoisotopic (exact) mass is 368 g/mol. The lowest BCUT2D eigenvalue weighted by molar-refractivity contribution is 0.0802. The topological polar surface area (TPSA) is 60.4 Å². The summed E-state index contributed by atoms with van der Waals surface area (Å²) in [7, 11) is -3.98. The van der Waals surface area contributed by atoms with E-state index in [9.17, 15) is 17.6 Å². The first kappa shape index (κ1) is 16.9. The molecule has 24 heavy (non-hydrogen) atoms. The summed E-state index contributed by atoms with van der Waals surface area (Å²) in [5, 5.41) is -2.40. The normalized spacial score (nSPS) is 20.5. The summed E-state index contributed by atoms with van der Waals surface area (Å²) in [6.07, 6.45) is 0.0669. The third-order valence-electron chi connectivity index (χ3n) is 3.88. The molecule has 3 rings (SSSR count). The Labute approximate surface area is 144 Å². The Bertz CT molecular complexity index is 905. The van der Waals surface area contributed by atoms with Crippen LogP contribution < -0.4 is 4.18 Å². The van der Waals surface area contributed by atoms with Gasteiger partial charge in [-0.15, -0.1) is 0 Å². The second-order valence-corrected chi connectivity index (χ2v) is 7.85. The third-order valence-corrected chi connectivity index (χ3v) is 5.50. The molecule has 0 fully saturated rings. The standard InChI is InChI=1S/C17H14ClFO4S/c1-11-2-5-14(6-3-11)24(21,22)23-13-4-7-15-12(10-13)8-9-17(18,19)16(15)20/h2-7,10H,8-9H2,1H3. The number of hydrogen-bond acceptors (Lipinski definition) is 4. The fraction of sp³-hybridized carbons (Fsp3) is 0.235. The molecule has 0 heterocycles. The van der Waals surface area contributed by atoms with Crippen LogP contribution in [0.1, 0.15) is 27.9 Å². The number of fused-ring (bicyclic) bond motifs is 1. The third kappa shape index (κ3) is 3.16. The lowest BCUT2D eigenvalue weighted by Gasteiger charge is -2.24. The van der Waals surface area contributed by atoms with E-state index in [1.807, 2.05) is 6.92 Å². The zero-order chi connectivity index (χ0) is 17.5. The van der Waals surface area contributed by atoms with Crippen molar-refractivity contribution in [1.82, 2.24) is 0 Å². The first-order chi connectivity index (χ1) is 11.2. The van der Waals surface area contributed by atoms with E-state index in [1.165, 1.54) is 30.3 Å². The van der Waals surface area contributed by atoms with Gasteiger partial charge in [0.1, 0.15) is 10.6 Å². The number of carbonyl (C=O) groups is 1. The first-order valence-electron chi connectivity index (χ1n) is 7.26. The molecule has 1 unspecified atom stereocenters. The van der Waals surface area contributed by atoms with Gasteiger partial charge in [-0.05, 0) is 49.2 Å². The van der Waals surface area contributed by atoms with Gasteiger partial charge in [0.2, 0.25) is 10.9 Å². The quantitative estimate of drug-likeness (QED) is 0.610. The van der Waals surface area contributed by atoms with Crippen LogP contribution in [0.4, 0.5) is 4.39 Å². The Balaban J connectivity index is 1.90. The number of alkyl halides is 2. The number of Topliss-reactive ketones (excluding diaryl/α,β-unsaturated/α-hetero) is 1. The van der Waals surface area contributed by atoms with Gasteiger partial charge in [0.15, 0.2) is 0 Å². The Morgan fingerprint density at radius 3 is 2.50 bits per heavy atom. The van der Waals surface area contributed by atoms with Crippen LogP contribution in [0.3, 0.4) is 0 Å². The first-order valence-corrected chi connectivity index (χ1v) is 9.04. The summed E-state index contributed by atoms with van der Waals surface area (Å²) >= 11 is 5.55. The Morgan fingerprint density at radius 2 is 1.83 bits per heavy atom. The van der Waals surface area contributed by atoms with Crippen molar-refractivity contribution in [3.8, 4) is 5.75 Å². The van der Waals surface area contributed by atoms with Crippen LogP contribution in [0.2, 0.25) is 0 Å². The molecule has 0 saturated heterocycles. The molecule has 0 radical (unpaired) electrons. The molecule has 4 nitrogen and oxygen atoms in total. The van der Waals surface area contributed by atoms with Crippen molar-refractivity contribution in [2.75, 3.05) is 0 Å². The fourth-order valence-corrected chi connectivity index (χ4v) is 3.65. The largest absolute Gasteiger partial charge is 0.379 e. The molecule has 0 spiro atoms. The number of carbonyl (C=O) groups excluding carboxylic acids is 1. The van der Waals surface area contributed by atoms with E-state index < -0.39 is 21.0 Å². The van der Waals surface area contributed by atoms with E-state index in [2.05, 4.69) is 0 Å². The molecule has 0 saturated carbocycles. The second kappa shape index (κ2) is 5.86. The van der Waals surface area contributed by atoms with Gasteiger partial charge < -0.3 is 4.18 Å². The van der Waals surface area contributed by atoms with Crippen molar-refractivity contribution < 1.29 is 21.8 Å². The molecule has 1 aliphatic rings. The lowest BCUT2D eigenvalue weighted by Crippen LogP contribution is -2.33. The summed E-state index contributed by atoms with van der Waals surface area (Å²) in [5.74, 6) is -0.735. The SMILES string of the molecule is Cc1ccc(S(=O)(=O)Oc2ccc3c(c2)CCC(F)(Cl)C3=O)cc1. The van der Waals surface area contributed by atoms with Gasteiger partial charge in [-0.1, -0.05) is 29.3 Å². The summed E-state index contributed by atoms with van der Waals surface area (Å²) in [5.41, 5.74) is 1.60. The predicted octanol–water partition coefficient (Wildman–Crippen LogP) is 3.80. The van der Waals surface area contributed by atoms with Crippen LogP contribution in [0.15, 0.2) is 47.4 Å². The van der Waals surface area contributed by atoms with Gasteiger partial charge in [0.05, 0.1) is 0 Å². The Kier molecular flexibility index (Phi) is 4.13. The highest BCUT2D eigenvalue weighted by Gasteiger charge is 2.41. The Morgan fingerprint density at radius 1 is 1.17 bits per heavy atom. The molecular weight excluding hydrogens is 355 g/mol. The maximum Gasteiger partial charge on any atom is 0.339 e. The van der Waals surface area contributed by atoms with E-state index in [1.54, 1.807) is 12.1 Å². The molecule has 0 N–H and O–H groups in total. The van der Waals surface area contributed by atoms with Gasteiger partial charge in [-0.25, -0.2) is 4.39 Å². The molecule has 2 aromatic rings. The summed E-state index contributed by atoms with van der Waals surface area (Å²) in [6.45, 7) is 1.85. The van der Waals surface area contributed by atoms with Crippen molar-refractivity contribution in [3.05, 3.63) is 59.2 Å². The smallest absolute Gasteiger partial charge is 0.339 e. The van der Waals surface area contributed by atoms with Crippen LogP contribution in [-0.2, 0) is 16.5 Å². The number of benzene rings is 2.